The molecule has 1 aliphatic heterocycles. The Kier molecular flexibility index (Phi) is 5.11. The van der Waals surface area contributed by atoms with Crippen LogP contribution in [0.1, 0.15) is 20.3 Å². The van der Waals surface area contributed by atoms with E-state index >= 15 is 0 Å². The number of hydrogen-bond acceptors (Lipinski definition) is 4. The van der Waals surface area contributed by atoms with E-state index in [9.17, 15) is 4.79 Å². The van der Waals surface area contributed by atoms with Crippen LogP contribution in [-0.2, 0) is 9.63 Å². The second kappa shape index (κ2) is 6.12. The summed E-state index contributed by atoms with van der Waals surface area (Å²) in [5.41, 5.74) is 0. The maximum Gasteiger partial charge on any atom is 0.336 e. The number of carbonyl (C=O) groups is 1. The van der Waals surface area contributed by atoms with Crippen LogP contribution in [0.25, 0.3) is 0 Å². The van der Waals surface area contributed by atoms with Crippen LogP contribution in [0, 0.1) is 5.92 Å². The minimum Gasteiger partial charge on any atom is -0.325 e. The summed E-state index contributed by atoms with van der Waals surface area (Å²) in [6, 6.07) is 0. The average molecular weight is 277 g/mol. The third kappa shape index (κ3) is 3.83. The molecule has 0 atom stereocenters. The van der Waals surface area contributed by atoms with E-state index < -0.39 is 0 Å². The fourth-order valence-corrected chi connectivity index (χ4v) is 1.40. The van der Waals surface area contributed by atoms with Gasteiger partial charge in [-0.2, -0.15) is 5.01 Å². The number of hydroxylamine groups is 1. The molecule has 0 aromatic carbocycles. The molecule has 0 radical (unpaired) electrons. The van der Waals surface area contributed by atoms with E-state index in [2.05, 4.69) is 15.9 Å². The minimum absolute atomic E-state index is 0.1000. The molecule has 5 heteroatoms. The first-order chi connectivity index (χ1) is 7.15. The molecule has 0 N–H and O–H groups in total. The lowest BCUT2D eigenvalue weighted by molar-refractivity contribution is -0.235. The van der Waals surface area contributed by atoms with E-state index in [0.717, 1.165) is 24.8 Å². The van der Waals surface area contributed by atoms with Crippen LogP contribution in [-0.4, -0.2) is 34.6 Å². The van der Waals surface area contributed by atoms with Crippen molar-refractivity contribution in [3.05, 3.63) is 12.3 Å². The molecular formula is C10H17BrN2O2. The number of alkyl halides is 1. The highest BCUT2D eigenvalue weighted by molar-refractivity contribution is 9.09. The second-order valence-corrected chi connectivity index (χ2v) is 4.50. The van der Waals surface area contributed by atoms with Gasteiger partial charge in [0, 0.05) is 18.4 Å². The molecule has 0 bridgehead atoms. The van der Waals surface area contributed by atoms with Crippen molar-refractivity contribution in [2.24, 2.45) is 5.92 Å². The Bertz CT molecular complexity index is 244. The number of rotatable bonds is 5. The zero-order valence-electron chi connectivity index (χ0n) is 9.15. The van der Waals surface area contributed by atoms with Gasteiger partial charge in [0.05, 0.1) is 12.1 Å². The van der Waals surface area contributed by atoms with Crippen molar-refractivity contribution in [3.63, 3.8) is 0 Å². The van der Waals surface area contributed by atoms with Crippen molar-refractivity contribution in [2.75, 3.05) is 18.4 Å². The van der Waals surface area contributed by atoms with Crippen LogP contribution in [0.2, 0.25) is 0 Å². The fourth-order valence-electron chi connectivity index (χ4n) is 1.15. The summed E-state index contributed by atoms with van der Waals surface area (Å²) < 4.78 is 0. The highest BCUT2D eigenvalue weighted by Gasteiger charge is 2.20. The first-order valence-electron chi connectivity index (χ1n) is 5.13. The quantitative estimate of drug-likeness (QED) is 0.719. The van der Waals surface area contributed by atoms with Crippen LogP contribution >= 0.6 is 15.9 Å². The number of halogens is 1. The van der Waals surface area contributed by atoms with Crippen LogP contribution in [0.5, 0.6) is 0 Å². The summed E-state index contributed by atoms with van der Waals surface area (Å²) in [7, 11) is 0. The summed E-state index contributed by atoms with van der Waals surface area (Å²) in [4.78, 5) is 16.6. The van der Waals surface area contributed by atoms with Gasteiger partial charge in [0.15, 0.2) is 0 Å². The molecule has 86 valence electrons. The van der Waals surface area contributed by atoms with Gasteiger partial charge < -0.3 is 4.84 Å². The molecule has 15 heavy (non-hydrogen) atoms. The van der Waals surface area contributed by atoms with Crippen molar-refractivity contribution in [1.29, 1.82) is 0 Å². The average Bonchev–Trinajstić information content (AvgIpc) is 2.62. The Labute approximate surface area is 98.9 Å². The molecule has 0 saturated heterocycles. The third-order valence-electron chi connectivity index (χ3n) is 2.03. The fraction of sp³-hybridized carbons (Fsp3) is 0.700. The summed E-state index contributed by atoms with van der Waals surface area (Å²) >= 11 is 3.38. The maximum absolute atomic E-state index is 11.4. The van der Waals surface area contributed by atoms with Gasteiger partial charge in [0.25, 0.3) is 0 Å². The molecule has 0 aromatic heterocycles. The molecule has 4 nitrogen and oxygen atoms in total. The molecule has 0 saturated carbocycles. The lowest BCUT2D eigenvalue weighted by Gasteiger charge is -2.27. The van der Waals surface area contributed by atoms with Gasteiger partial charge in [0.1, 0.15) is 0 Å². The first kappa shape index (κ1) is 12.5. The predicted octanol–water partition coefficient (Wildman–Crippen LogP) is 1.93. The van der Waals surface area contributed by atoms with Gasteiger partial charge in [-0.25, -0.2) is 4.79 Å². The van der Waals surface area contributed by atoms with E-state index in [1.807, 2.05) is 24.9 Å². The Morgan fingerprint density at radius 3 is 2.93 bits per heavy atom. The van der Waals surface area contributed by atoms with Crippen LogP contribution < -0.4 is 0 Å². The second-order valence-electron chi connectivity index (χ2n) is 3.71. The lowest BCUT2D eigenvalue weighted by Crippen LogP contribution is -2.38. The minimum atomic E-state index is -0.203. The van der Waals surface area contributed by atoms with Gasteiger partial charge in [0.2, 0.25) is 0 Å². The van der Waals surface area contributed by atoms with Crippen molar-refractivity contribution in [3.8, 4) is 0 Å². The zero-order valence-corrected chi connectivity index (χ0v) is 10.7. The van der Waals surface area contributed by atoms with E-state index in [4.69, 9.17) is 4.84 Å². The Balaban J connectivity index is 2.39. The van der Waals surface area contributed by atoms with Crippen molar-refractivity contribution < 1.29 is 9.63 Å². The Morgan fingerprint density at radius 1 is 1.60 bits per heavy atom. The topological polar surface area (TPSA) is 32.8 Å². The molecule has 1 aliphatic rings. The third-order valence-corrected chi connectivity index (χ3v) is 2.59. The van der Waals surface area contributed by atoms with E-state index in [-0.39, 0.29) is 11.9 Å². The number of carbonyl (C=O) groups excluding carboxylic acids is 1. The summed E-state index contributed by atoms with van der Waals surface area (Å²) in [6.45, 7) is 5.33. The Morgan fingerprint density at radius 2 is 2.33 bits per heavy atom. The smallest absolute Gasteiger partial charge is 0.325 e. The molecule has 0 unspecified atom stereocenters. The largest absolute Gasteiger partial charge is 0.336 e. The summed E-state index contributed by atoms with van der Waals surface area (Å²) in [6.07, 6.45) is 4.79. The van der Waals surface area contributed by atoms with Crippen LogP contribution in [0.15, 0.2) is 12.3 Å². The SMILES string of the molecule is CC(C)C(=O)ON1C=CCN1CCCBr. The predicted molar refractivity (Wildman–Crippen MR) is 61.9 cm³/mol. The number of hydrogen-bond donors (Lipinski definition) is 0. The van der Waals surface area contributed by atoms with Crippen molar-refractivity contribution in [2.45, 2.75) is 20.3 Å². The van der Waals surface area contributed by atoms with Crippen LogP contribution in [0.3, 0.4) is 0 Å². The maximum atomic E-state index is 11.4. The molecule has 1 rings (SSSR count). The van der Waals surface area contributed by atoms with Gasteiger partial charge in [-0.15, -0.1) is 5.17 Å². The molecule has 0 aromatic rings. The van der Waals surface area contributed by atoms with E-state index in [1.54, 1.807) is 6.20 Å². The van der Waals surface area contributed by atoms with Crippen molar-refractivity contribution >= 4 is 21.9 Å². The molecule has 0 aliphatic carbocycles. The highest BCUT2D eigenvalue weighted by atomic mass is 79.9. The number of nitrogens with zero attached hydrogens (tertiary/aromatic N) is 2. The van der Waals surface area contributed by atoms with E-state index in [1.165, 1.54) is 5.17 Å². The van der Waals surface area contributed by atoms with Crippen LogP contribution in [0.4, 0.5) is 0 Å². The molecule has 0 amide bonds. The highest BCUT2D eigenvalue weighted by Crippen LogP contribution is 2.11. The standard InChI is InChI=1S/C10H17BrN2O2/c1-9(2)10(14)15-13-8-4-7-12(13)6-3-5-11/h4,8-9H,3,5-7H2,1-2H3. The summed E-state index contributed by atoms with van der Waals surface area (Å²) in [5.74, 6) is -0.303. The molecule has 1 heterocycles. The zero-order chi connectivity index (χ0) is 11.3. The first-order valence-corrected chi connectivity index (χ1v) is 6.26. The monoisotopic (exact) mass is 276 g/mol. The van der Waals surface area contributed by atoms with Gasteiger partial charge >= 0.3 is 5.97 Å². The summed E-state index contributed by atoms with van der Waals surface area (Å²) in [5, 5.41) is 4.47. The number of hydrazine groups is 1. The molecular weight excluding hydrogens is 260 g/mol. The molecule has 0 spiro atoms. The molecule has 0 fully saturated rings. The van der Waals surface area contributed by atoms with Gasteiger partial charge in [-0.1, -0.05) is 29.8 Å². The lowest BCUT2D eigenvalue weighted by atomic mass is 10.2. The normalized spacial score (nSPS) is 16.4. The van der Waals surface area contributed by atoms with Gasteiger partial charge in [-0.05, 0) is 12.5 Å². The Hall–Kier alpha value is -0.550. The van der Waals surface area contributed by atoms with Crippen molar-refractivity contribution in [1.82, 2.24) is 10.2 Å². The van der Waals surface area contributed by atoms with Gasteiger partial charge in [-0.3, -0.25) is 0 Å². The van der Waals surface area contributed by atoms with E-state index in [0.29, 0.717) is 0 Å².